The molecule has 0 spiro atoms. The van der Waals surface area contributed by atoms with Gasteiger partial charge in [-0.1, -0.05) is 30.3 Å². The molecule has 1 aromatic rings. The number of carbonyl (C=O) groups is 1. The van der Waals surface area contributed by atoms with Crippen LogP contribution < -0.4 is 5.32 Å². The summed E-state index contributed by atoms with van der Waals surface area (Å²) in [6.07, 6.45) is 1.80. The van der Waals surface area contributed by atoms with Crippen molar-refractivity contribution in [2.75, 3.05) is 7.11 Å². The SMILES string of the molecule is COC(=O)C1CC(NCc2ccccc2)C1.Cl. The predicted octanol–water partition coefficient (Wildman–Crippen LogP) is 2.15. The van der Waals surface area contributed by atoms with Crippen molar-refractivity contribution in [2.45, 2.75) is 25.4 Å². The first-order valence-corrected chi connectivity index (χ1v) is 5.64. The zero-order valence-corrected chi connectivity index (χ0v) is 10.7. The summed E-state index contributed by atoms with van der Waals surface area (Å²) < 4.78 is 4.70. The number of carbonyl (C=O) groups excluding carboxylic acids is 1. The van der Waals surface area contributed by atoms with E-state index in [1.807, 2.05) is 18.2 Å². The molecule has 1 aliphatic carbocycles. The van der Waals surface area contributed by atoms with Gasteiger partial charge in [0.2, 0.25) is 0 Å². The average molecular weight is 256 g/mol. The lowest BCUT2D eigenvalue weighted by Gasteiger charge is -2.33. The van der Waals surface area contributed by atoms with Crippen molar-refractivity contribution in [1.29, 1.82) is 0 Å². The van der Waals surface area contributed by atoms with Gasteiger partial charge in [0.25, 0.3) is 0 Å². The van der Waals surface area contributed by atoms with Crippen molar-refractivity contribution in [2.24, 2.45) is 5.92 Å². The number of ether oxygens (including phenoxy) is 1. The number of hydrogen-bond acceptors (Lipinski definition) is 3. The zero-order chi connectivity index (χ0) is 11.4. The largest absolute Gasteiger partial charge is 0.469 e. The molecule has 1 saturated carbocycles. The van der Waals surface area contributed by atoms with Crippen molar-refractivity contribution in [3.05, 3.63) is 35.9 Å². The molecule has 0 bridgehead atoms. The molecule has 17 heavy (non-hydrogen) atoms. The molecule has 0 radical (unpaired) electrons. The Morgan fingerprint density at radius 1 is 1.35 bits per heavy atom. The van der Waals surface area contributed by atoms with E-state index in [2.05, 4.69) is 17.4 Å². The van der Waals surface area contributed by atoms with Crippen LogP contribution >= 0.6 is 12.4 Å². The first-order chi connectivity index (χ1) is 7.79. The Morgan fingerprint density at radius 3 is 2.59 bits per heavy atom. The van der Waals surface area contributed by atoms with Crippen LogP contribution in [0.2, 0.25) is 0 Å². The van der Waals surface area contributed by atoms with Gasteiger partial charge in [-0.3, -0.25) is 4.79 Å². The zero-order valence-electron chi connectivity index (χ0n) is 9.89. The van der Waals surface area contributed by atoms with Crippen molar-refractivity contribution in [3.63, 3.8) is 0 Å². The maximum Gasteiger partial charge on any atom is 0.308 e. The quantitative estimate of drug-likeness (QED) is 0.838. The third-order valence-electron chi connectivity index (χ3n) is 3.11. The lowest BCUT2D eigenvalue weighted by atomic mass is 9.80. The lowest BCUT2D eigenvalue weighted by molar-refractivity contribution is -0.149. The van der Waals surface area contributed by atoms with Gasteiger partial charge < -0.3 is 10.1 Å². The number of halogens is 1. The molecule has 3 nitrogen and oxygen atoms in total. The highest BCUT2D eigenvalue weighted by Gasteiger charge is 2.34. The second-order valence-electron chi connectivity index (χ2n) is 4.25. The van der Waals surface area contributed by atoms with Crippen LogP contribution in [-0.2, 0) is 16.1 Å². The van der Waals surface area contributed by atoms with Gasteiger partial charge >= 0.3 is 5.97 Å². The van der Waals surface area contributed by atoms with Crippen LogP contribution in [0.1, 0.15) is 18.4 Å². The lowest BCUT2D eigenvalue weighted by Crippen LogP contribution is -2.44. The van der Waals surface area contributed by atoms with E-state index in [0.717, 1.165) is 19.4 Å². The van der Waals surface area contributed by atoms with E-state index < -0.39 is 0 Å². The van der Waals surface area contributed by atoms with Crippen LogP contribution in [0.5, 0.6) is 0 Å². The molecule has 0 aromatic heterocycles. The summed E-state index contributed by atoms with van der Waals surface area (Å²) in [5.74, 6) is 0.0380. The molecule has 0 saturated heterocycles. The Kier molecular flexibility index (Phi) is 5.45. The summed E-state index contributed by atoms with van der Waals surface area (Å²) in [7, 11) is 1.45. The van der Waals surface area contributed by atoms with Gasteiger partial charge in [-0.2, -0.15) is 0 Å². The summed E-state index contributed by atoms with van der Waals surface area (Å²) in [6, 6.07) is 10.8. The highest BCUT2D eigenvalue weighted by molar-refractivity contribution is 5.85. The monoisotopic (exact) mass is 255 g/mol. The second-order valence-corrected chi connectivity index (χ2v) is 4.25. The first kappa shape index (κ1) is 14.0. The fourth-order valence-corrected chi connectivity index (χ4v) is 2.00. The van der Waals surface area contributed by atoms with Crippen LogP contribution in [0.15, 0.2) is 30.3 Å². The van der Waals surface area contributed by atoms with Crippen LogP contribution in [0.25, 0.3) is 0 Å². The molecule has 1 N–H and O–H groups in total. The minimum atomic E-state index is -0.0715. The third-order valence-corrected chi connectivity index (χ3v) is 3.11. The predicted molar refractivity (Wildman–Crippen MR) is 69.1 cm³/mol. The molecule has 0 heterocycles. The van der Waals surface area contributed by atoms with Crippen molar-refractivity contribution in [3.8, 4) is 0 Å². The molecule has 1 fully saturated rings. The van der Waals surface area contributed by atoms with E-state index in [0.29, 0.717) is 6.04 Å². The van der Waals surface area contributed by atoms with Crippen molar-refractivity contribution in [1.82, 2.24) is 5.32 Å². The Bertz CT molecular complexity index is 350. The van der Waals surface area contributed by atoms with Gasteiger partial charge in [-0.05, 0) is 18.4 Å². The third kappa shape index (κ3) is 3.72. The molecule has 2 rings (SSSR count). The van der Waals surface area contributed by atoms with Crippen molar-refractivity contribution >= 4 is 18.4 Å². The molecule has 0 atom stereocenters. The summed E-state index contributed by atoms with van der Waals surface area (Å²) in [5, 5.41) is 3.44. The molecule has 0 amide bonds. The molecular weight excluding hydrogens is 238 g/mol. The molecule has 0 unspecified atom stereocenters. The Balaban J connectivity index is 0.00000144. The summed E-state index contributed by atoms with van der Waals surface area (Å²) in [6.45, 7) is 0.874. The van der Waals surface area contributed by atoms with Crippen LogP contribution in [0.4, 0.5) is 0 Å². The number of esters is 1. The van der Waals surface area contributed by atoms with Gasteiger partial charge in [0.1, 0.15) is 0 Å². The standard InChI is InChI=1S/C13H17NO2.ClH/c1-16-13(15)11-7-12(8-11)14-9-10-5-3-2-4-6-10;/h2-6,11-12,14H,7-9H2,1H3;1H. The van der Waals surface area contributed by atoms with E-state index in [1.54, 1.807) is 0 Å². The molecule has 0 aliphatic heterocycles. The normalized spacial score (nSPS) is 22.2. The fourth-order valence-electron chi connectivity index (χ4n) is 2.00. The Hall–Kier alpha value is -1.06. The minimum Gasteiger partial charge on any atom is -0.469 e. The Labute approximate surface area is 108 Å². The first-order valence-electron chi connectivity index (χ1n) is 5.64. The number of hydrogen-bond donors (Lipinski definition) is 1. The molecular formula is C13H18ClNO2. The number of rotatable bonds is 4. The molecule has 94 valence electrons. The molecule has 4 heteroatoms. The van der Waals surface area contributed by atoms with Crippen LogP contribution in [0.3, 0.4) is 0 Å². The number of nitrogens with one attached hydrogen (secondary N) is 1. The highest BCUT2D eigenvalue weighted by Crippen LogP contribution is 2.28. The topological polar surface area (TPSA) is 38.3 Å². The summed E-state index contributed by atoms with van der Waals surface area (Å²) in [5.41, 5.74) is 1.28. The second kappa shape index (κ2) is 6.62. The van der Waals surface area contributed by atoms with E-state index in [4.69, 9.17) is 4.74 Å². The van der Waals surface area contributed by atoms with E-state index in [-0.39, 0.29) is 24.3 Å². The highest BCUT2D eigenvalue weighted by atomic mass is 35.5. The maximum absolute atomic E-state index is 11.2. The fraction of sp³-hybridized carbons (Fsp3) is 0.462. The van der Waals surface area contributed by atoms with E-state index in [9.17, 15) is 4.79 Å². The van der Waals surface area contributed by atoms with Gasteiger partial charge in [-0.25, -0.2) is 0 Å². The van der Waals surface area contributed by atoms with Gasteiger partial charge in [0.05, 0.1) is 13.0 Å². The minimum absolute atomic E-state index is 0. The van der Waals surface area contributed by atoms with Gasteiger partial charge in [0.15, 0.2) is 0 Å². The average Bonchev–Trinajstić information content (AvgIpc) is 2.28. The van der Waals surface area contributed by atoms with Crippen LogP contribution in [-0.4, -0.2) is 19.1 Å². The van der Waals surface area contributed by atoms with Gasteiger partial charge in [0, 0.05) is 12.6 Å². The van der Waals surface area contributed by atoms with E-state index >= 15 is 0 Å². The number of benzene rings is 1. The smallest absolute Gasteiger partial charge is 0.308 e. The molecule has 1 aromatic carbocycles. The van der Waals surface area contributed by atoms with E-state index in [1.165, 1.54) is 12.7 Å². The number of methoxy groups -OCH3 is 1. The van der Waals surface area contributed by atoms with Crippen molar-refractivity contribution < 1.29 is 9.53 Å². The summed E-state index contributed by atoms with van der Waals surface area (Å²) in [4.78, 5) is 11.2. The summed E-state index contributed by atoms with van der Waals surface area (Å²) >= 11 is 0. The van der Waals surface area contributed by atoms with Crippen LogP contribution in [0, 0.1) is 5.92 Å². The maximum atomic E-state index is 11.2. The molecule has 1 aliphatic rings. The van der Waals surface area contributed by atoms with Gasteiger partial charge in [-0.15, -0.1) is 12.4 Å². The Morgan fingerprint density at radius 2 is 2.00 bits per heavy atom.